The van der Waals surface area contributed by atoms with E-state index in [0.29, 0.717) is 6.42 Å². The molecule has 6 nitrogen and oxygen atoms in total. The third-order valence-electron chi connectivity index (χ3n) is 5.30. The third kappa shape index (κ3) is 5.91. The number of aliphatic carboxylic acids is 1. The predicted molar refractivity (Wildman–Crippen MR) is 109 cm³/mol. The van der Waals surface area contributed by atoms with Gasteiger partial charge in [0, 0.05) is 0 Å². The van der Waals surface area contributed by atoms with Crippen LogP contribution in [0.5, 0.6) is 0 Å². The van der Waals surface area contributed by atoms with Gasteiger partial charge in [-0.3, -0.25) is 9.59 Å². The maximum atomic E-state index is 12.2. The van der Waals surface area contributed by atoms with Crippen LogP contribution in [-0.2, 0) is 27.2 Å². The van der Waals surface area contributed by atoms with Crippen LogP contribution >= 0.6 is 0 Å². The van der Waals surface area contributed by atoms with Crippen LogP contribution in [0.3, 0.4) is 0 Å². The number of hydrogen-bond acceptors (Lipinski definition) is 3. The molecule has 6 heteroatoms. The normalized spacial score (nSPS) is 16.3. The lowest BCUT2D eigenvalue weighted by Crippen LogP contribution is -2.46. The molecule has 152 valence electrons. The zero-order valence-corrected chi connectivity index (χ0v) is 16.3. The first-order valence-corrected chi connectivity index (χ1v) is 9.93. The zero-order valence-electron chi connectivity index (χ0n) is 16.3. The molecular formula is C23H26N2O4. The van der Waals surface area contributed by atoms with Crippen molar-refractivity contribution in [3.63, 3.8) is 0 Å². The van der Waals surface area contributed by atoms with Crippen LogP contribution in [0.15, 0.2) is 54.6 Å². The summed E-state index contributed by atoms with van der Waals surface area (Å²) < 4.78 is 0. The maximum Gasteiger partial charge on any atom is 0.326 e. The number of carboxylic acid groups (broad SMARTS) is 1. The first-order chi connectivity index (χ1) is 14.0. The molecule has 0 aromatic heterocycles. The monoisotopic (exact) mass is 394 g/mol. The van der Waals surface area contributed by atoms with E-state index in [1.54, 1.807) is 0 Å². The number of benzene rings is 2. The van der Waals surface area contributed by atoms with Crippen molar-refractivity contribution in [1.82, 2.24) is 10.6 Å². The number of fused-ring (bicyclic) bond motifs is 1. The third-order valence-corrected chi connectivity index (χ3v) is 5.30. The molecule has 3 rings (SSSR count). The van der Waals surface area contributed by atoms with Crippen molar-refractivity contribution in [2.24, 2.45) is 0 Å². The molecule has 29 heavy (non-hydrogen) atoms. The molecule has 3 N–H and O–H groups in total. The lowest BCUT2D eigenvalue weighted by Gasteiger charge is -2.28. The standard InChI is InChI=1S/C23H26N2O4/c26-21(13-16-7-2-1-3-8-16)24-15-22(27)25-20(23(28)29)14-18-11-6-10-17-9-4-5-12-19(17)18/h1-5,7-9,12,18,20H,6,10-11,13-15H2,(H,24,26)(H,25,27)(H,28,29). The Morgan fingerprint density at radius 1 is 1.00 bits per heavy atom. The van der Waals surface area contributed by atoms with Crippen molar-refractivity contribution < 1.29 is 19.5 Å². The Labute approximate surface area is 170 Å². The molecular weight excluding hydrogens is 368 g/mol. The van der Waals surface area contributed by atoms with Gasteiger partial charge in [-0.1, -0.05) is 54.6 Å². The van der Waals surface area contributed by atoms with Crippen LogP contribution in [0.4, 0.5) is 0 Å². The van der Waals surface area contributed by atoms with Gasteiger partial charge >= 0.3 is 5.97 Å². The number of amides is 2. The molecule has 2 aromatic carbocycles. The molecule has 2 unspecified atom stereocenters. The van der Waals surface area contributed by atoms with E-state index in [2.05, 4.69) is 16.7 Å². The molecule has 0 radical (unpaired) electrons. The molecule has 0 bridgehead atoms. The minimum absolute atomic E-state index is 0.106. The van der Waals surface area contributed by atoms with E-state index in [-0.39, 0.29) is 24.8 Å². The molecule has 0 saturated heterocycles. The fourth-order valence-electron chi connectivity index (χ4n) is 3.87. The highest BCUT2D eigenvalue weighted by Gasteiger charge is 2.28. The Hall–Kier alpha value is -3.15. The van der Waals surface area contributed by atoms with E-state index in [1.165, 1.54) is 11.1 Å². The number of carbonyl (C=O) groups excluding carboxylic acids is 2. The average Bonchev–Trinajstić information content (AvgIpc) is 2.72. The summed E-state index contributed by atoms with van der Waals surface area (Å²) in [6, 6.07) is 16.3. The van der Waals surface area contributed by atoms with E-state index in [9.17, 15) is 19.5 Å². The van der Waals surface area contributed by atoms with Gasteiger partial charge in [0.15, 0.2) is 0 Å². The molecule has 0 saturated carbocycles. The van der Waals surface area contributed by atoms with Crippen LogP contribution in [0.1, 0.15) is 41.9 Å². The largest absolute Gasteiger partial charge is 0.480 e. The van der Waals surface area contributed by atoms with Crippen molar-refractivity contribution in [2.45, 2.75) is 44.1 Å². The van der Waals surface area contributed by atoms with E-state index in [0.717, 1.165) is 24.8 Å². The van der Waals surface area contributed by atoms with Crippen molar-refractivity contribution in [1.29, 1.82) is 0 Å². The molecule has 0 spiro atoms. The Morgan fingerprint density at radius 3 is 2.48 bits per heavy atom. The first kappa shape index (κ1) is 20.6. The molecule has 2 aromatic rings. The van der Waals surface area contributed by atoms with E-state index < -0.39 is 17.9 Å². The SMILES string of the molecule is O=C(Cc1ccccc1)NCC(=O)NC(CC1CCCc2ccccc21)C(=O)O. The minimum Gasteiger partial charge on any atom is -0.480 e. The van der Waals surface area contributed by atoms with Gasteiger partial charge in [0.05, 0.1) is 13.0 Å². The number of carbonyl (C=O) groups is 3. The summed E-state index contributed by atoms with van der Waals surface area (Å²) in [4.78, 5) is 35.9. The second-order valence-corrected chi connectivity index (χ2v) is 7.42. The van der Waals surface area contributed by atoms with Crippen molar-refractivity contribution in [2.75, 3.05) is 6.54 Å². The summed E-state index contributed by atoms with van der Waals surface area (Å²) in [5.74, 6) is -1.73. The molecule has 1 aliphatic rings. The highest BCUT2D eigenvalue weighted by molar-refractivity contribution is 5.88. The smallest absolute Gasteiger partial charge is 0.326 e. The van der Waals surface area contributed by atoms with Gasteiger partial charge in [-0.05, 0) is 48.3 Å². The lowest BCUT2D eigenvalue weighted by molar-refractivity contribution is -0.142. The summed E-state index contributed by atoms with van der Waals surface area (Å²) in [7, 11) is 0. The number of aryl methyl sites for hydroxylation is 1. The number of hydrogen-bond donors (Lipinski definition) is 3. The molecule has 2 atom stereocenters. The van der Waals surface area contributed by atoms with Gasteiger partial charge in [0.1, 0.15) is 6.04 Å². The fraction of sp³-hybridized carbons (Fsp3) is 0.348. The van der Waals surface area contributed by atoms with E-state index >= 15 is 0 Å². The summed E-state index contributed by atoms with van der Waals surface area (Å²) in [5, 5.41) is 14.7. The predicted octanol–water partition coefficient (Wildman–Crippen LogP) is 2.42. The van der Waals surface area contributed by atoms with Gasteiger partial charge in [-0.25, -0.2) is 4.79 Å². The van der Waals surface area contributed by atoms with E-state index in [4.69, 9.17) is 0 Å². The molecule has 2 amide bonds. The quantitative estimate of drug-likeness (QED) is 0.641. The molecule has 0 fully saturated rings. The van der Waals surface area contributed by atoms with Gasteiger partial charge in [0.25, 0.3) is 0 Å². The summed E-state index contributed by atoms with van der Waals surface area (Å²) in [6.45, 7) is -0.239. The summed E-state index contributed by atoms with van der Waals surface area (Å²) in [5.41, 5.74) is 3.28. The van der Waals surface area contributed by atoms with Gasteiger partial charge in [-0.2, -0.15) is 0 Å². The Morgan fingerprint density at radius 2 is 1.72 bits per heavy atom. The van der Waals surface area contributed by atoms with Crippen LogP contribution in [0.25, 0.3) is 0 Å². The number of rotatable bonds is 8. The van der Waals surface area contributed by atoms with E-state index in [1.807, 2.05) is 48.5 Å². The van der Waals surface area contributed by atoms with Crippen LogP contribution < -0.4 is 10.6 Å². The topological polar surface area (TPSA) is 95.5 Å². The van der Waals surface area contributed by atoms with Gasteiger partial charge in [-0.15, -0.1) is 0 Å². The molecule has 0 aliphatic heterocycles. The highest BCUT2D eigenvalue weighted by Crippen LogP contribution is 2.34. The van der Waals surface area contributed by atoms with Crippen LogP contribution in [0, 0.1) is 0 Å². The zero-order chi connectivity index (χ0) is 20.6. The van der Waals surface area contributed by atoms with Crippen LogP contribution in [0.2, 0.25) is 0 Å². The first-order valence-electron chi connectivity index (χ1n) is 9.93. The maximum absolute atomic E-state index is 12.2. The minimum atomic E-state index is -1.06. The molecule has 0 heterocycles. The Bertz CT molecular complexity index is 866. The molecule has 1 aliphatic carbocycles. The lowest BCUT2D eigenvalue weighted by atomic mass is 9.79. The fourth-order valence-corrected chi connectivity index (χ4v) is 3.87. The Kier molecular flexibility index (Phi) is 7.00. The van der Waals surface area contributed by atoms with Gasteiger partial charge < -0.3 is 15.7 Å². The van der Waals surface area contributed by atoms with Crippen molar-refractivity contribution in [3.05, 3.63) is 71.3 Å². The van der Waals surface area contributed by atoms with Crippen molar-refractivity contribution >= 4 is 17.8 Å². The van der Waals surface area contributed by atoms with Gasteiger partial charge in [0.2, 0.25) is 11.8 Å². The summed E-state index contributed by atoms with van der Waals surface area (Å²) >= 11 is 0. The Balaban J connectivity index is 1.52. The van der Waals surface area contributed by atoms with Crippen LogP contribution in [-0.4, -0.2) is 35.5 Å². The highest BCUT2D eigenvalue weighted by atomic mass is 16.4. The second kappa shape index (κ2) is 9.87. The van der Waals surface area contributed by atoms with Crippen molar-refractivity contribution in [3.8, 4) is 0 Å². The average molecular weight is 394 g/mol. The second-order valence-electron chi connectivity index (χ2n) is 7.42. The number of nitrogens with one attached hydrogen (secondary N) is 2. The number of carboxylic acids is 1. The summed E-state index contributed by atoms with van der Waals surface area (Å²) in [6.07, 6.45) is 3.44.